The predicted octanol–water partition coefficient (Wildman–Crippen LogP) is 4.15. The van der Waals surface area contributed by atoms with Gasteiger partial charge in [0.2, 0.25) is 0 Å². The number of carbonyl (C=O) groups is 1. The molecular formula is C26H26N2O6S. The van der Waals surface area contributed by atoms with Crippen molar-refractivity contribution in [1.82, 2.24) is 5.32 Å². The number of anilines is 1. The Morgan fingerprint density at radius 2 is 1.63 bits per heavy atom. The molecule has 0 radical (unpaired) electrons. The summed E-state index contributed by atoms with van der Waals surface area (Å²) in [5.74, 6) is 2.12. The lowest BCUT2D eigenvalue weighted by atomic mass is 10.0. The summed E-state index contributed by atoms with van der Waals surface area (Å²) in [6, 6.07) is 18.1. The zero-order chi connectivity index (χ0) is 24.4. The van der Waals surface area contributed by atoms with E-state index in [1.807, 2.05) is 18.2 Å². The van der Waals surface area contributed by atoms with Crippen molar-refractivity contribution in [1.29, 1.82) is 0 Å². The zero-order valence-corrected chi connectivity index (χ0v) is 20.0. The third kappa shape index (κ3) is 5.19. The van der Waals surface area contributed by atoms with Gasteiger partial charge in [0, 0.05) is 11.3 Å². The van der Waals surface area contributed by atoms with Crippen LogP contribution in [0.15, 0.2) is 71.6 Å². The Balaban J connectivity index is 1.29. The van der Waals surface area contributed by atoms with E-state index < -0.39 is 10.0 Å². The fourth-order valence-corrected chi connectivity index (χ4v) is 5.10. The topological polar surface area (TPSA) is 103 Å². The van der Waals surface area contributed by atoms with Crippen LogP contribution in [0.25, 0.3) is 0 Å². The third-order valence-corrected chi connectivity index (χ3v) is 7.47. The Morgan fingerprint density at radius 1 is 0.943 bits per heavy atom. The van der Waals surface area contributed by atoms with Crippen molar-refractivity contribution in [2.45, 2.75) is 23.8 Å². The number of nitrogens with one attached hydrogen (secondary N) is 2. The van der Waals surface area contributed by atoms with E-state index >= 15 is 0 Å². The van der Waals surface area contributed by atoms with Crippen LogP contribution in [0.1, 0.15) is 34.8 Å². The number of methoxy groups -OCH3 is 1. The first kappa shape index (κ1) is 23.0. The Bertz CT molecular complexity index is 1320. The highest BCUT2D eigenvalue weighted by molar-refractivity contribution is 7.92. The van der Waals surface area contributed by atoms with Gasteiger partial charge in [-0.15, -0.1) is 0 Å². The van der Waals surface area contributed by atoms with E-state index in [9.17, 15) is 13.2 Å². The lowest BCUT2D eigenvalue weighted by Crippen LogP contribution is -2.30. The molecule has 0 aromatic heterocycles. The average molecular weight is 495 g/mol. The van der Waals surface area contributed by atoms with Crippen molar-refractivity contribution in [2.75, 3.05) is 25.0 Å². The van der Waals surface area contributed by atoms with Crippen LogP contribution in [0.2, 0.25) is 0 Å². The van der Waals surface area contributed by atoms with Crippen molar-refractivity contribution < 1.29 is 27.4 Å². The summed E-state index contributed by atoms with van der Waals surface area (Å²) in [5, 5.41) is 3.11. The largest absolute Gasteiger partial charge is 0.497 e. The molecule has 1 aliphatic heterocycles. The smallest absolute Gasteiger partial charge is 0.261 e. The van der Waals surface area contributed by atoms with E-state index in [-0.39, 0.29) is 16.8 Å². The molecule has 35 heavy (non-hydrogen) atoms. The molecule has 2 aliphatic rings. The molecule has 1 amide bonds. The van der Waals surface area contributed by atoms with E-state index in [0.29, 0.717) is 47.6 Å². The number of rotatable bonds is 8. The maximum atomic E-state index is 13.0. The van der Waals surface area contributed by atoms with Crippen LogP contribution in [0.5, 0.6) is 17.2 Å². The minimum atomic E-state index is -3.80. The number of amides is 1. The summed E-state index contributed by atoms with van der Waals surface area (Å²) in [7, 11) is -2.26. The quantitative estimate of drug-likeness (QED) is 0.488. The van der Waals surface area contributed by atoms with E-state index in [4.69, 9.17) is 14.2 Å². The second kappa shape index (κ2) is 9.50. The number of hydrogen-bond acceptors (Lipinski definition) is 6. The monoisotopic (exact) mass is 494 g/mol. The van der Waals surface area contributed by atoms with Crippen LogP contribution in [0.3, 0.4) is 0 Å². The summed E-state index contributed by atoms with van der Waals surface area (Å²) in [4.78, 5) is 13.1. The van der Waals surface area contributed by atoms with Gasteiger partial charge in [-0.1, -0.05) is 6.07 Å². The molecule has 182 valence electrons. The number of fused-ring (bicyclic) bond motifs is 1. The highest BCUT2D eigenvalue weighted by Crippen LogP contribution is 2.43. The standard InChI is InChI=1S/C26H26N2O6S/c1-32-21-9-7-20(8-10-21)28-35(30,31)22-11-4-18(5-12-22)26(29)27-25(17-2-3-17)19-6-13-23-24(16-19)34-15-14-33-23/h4-13,16-17,25,28H,2-3,14-15H2,1H3,(H,27,29). The summed E-state index contributed by atoms with van der Waals surface area (Å²) in [6.45, 7) is 1.02. The van der Waals surface area contributed by atoms with Gasteiger partial charge in [0.25, 0.3) is 15.9 Å². The van der Waals surface area contributed by atoms with Crippen molar-refractivity contribution in [2.24, 2.45) is 5.92 Å². The molecule has 2 N–H and O–H groups in total. The van der Waals surface area contributed by atoms with Gasteiger partial charge in [0.15, 0.2) is 11.5 Å². The zero-order valence-electron chi connectivity index (χ0n) is 19.2. The van der Waals surface area contributed by atoms with E-state index in [1.165, 1.54) is 24.3 Å². The Kier molecular flexibility index (Phi) is 6.25. The lowest BCUT2D eigenvalue weighted by molar-refractivity contribution is 0.0931. The molecule has 8 nitrogen and oxygen atoms in total. The van der Waals surface area contributed by atoms with Crippen LogP contribution in [-0.2, 0) is 10.0 Å². The Morgan fingerprint density at radius 3 is 2.29 bits per heavy atom. The first-order valence-corrected chi connectivity index (χ1v) is 12.9. The number of benzene rings is 3. The molecule has 1 heterocycles. The normalized spacial score (nSPS) is 15.7. The SMILES string of the molecule is COc1ccc(NS(=O)(=O)c2ccc(C(=O)NC(c3ccc4c(c3)OCCO4)C3CC3)cc2)cc1. The summed E-state index contributed by atoms with van der Waals surface area (Å²) < 4.78 is 44.4. The minimum absolute atomic E-state index is 0.0652. The lowest BCUT2D eigenvalue weighted by Gasteiger charge is -2.23. The third-order valence-electron chi connectivity index (χ3n) is 6.07. The second-order valence-electron chi connectivity index (χ2n) is 8.55. The molecule has 0 spiro atoms. The van der Waals surface area contributed by atoms with Gasteiger partial charge >= 0.3 is 0 Å². The molecule has 0 bridgehead atoms. The van der Waals surface area contributed by atoms with Crippen LogP contribution < -0.4 is 24.2 Å². The Labute approximate surface area is 204 Å². The molecule has 1 unspecified atom stereocenters. The van der Waals surface area contributed by atoms with Gasteiger partial charge in [-0.25, -0.2) is 8.42 Å². The van der Waals surface area contributed by atoms with Gasteiger partial charge in [0.1, 0.15) is 19.0 Å². The molecule has 0 saturated heterocycles. The van der Waals surface area contributed by atoms with Gasteiger partial charge in [-0.2, -0.15) is 0 Å². The molecule has 1 aliphatic carbocycles. The van der Waals surface area contributed by atoms with Crippen molar-refractivity contribution in [3.05, 3.63) is 77.9 Å². The molecule has 9 heteroatoms. The molecular weight excluding hydrogens is 468 g/mol. The highest BCUT2D eigenvalue weighted by Gasteiger charge is 2.34. The number of sulfonamides is 1. The molecule has 3 aromatic carbocycles. The van der Waals surface area contributed by atoms with Crippen molar-refractivity contribution in [3.8, 4) is 17.2 Å². The number of carbonyl (C=O) groups excluding carboxylic acids is 1. The number of ether oxygens (including phenoxy) is 3. The average Bonchev–Trinajstić information content (AvgIpc) is 3.72. The predicted molar refractivity (Wildman–Crippen MR) is 131 cm³/mol. The molecule has 5 rings (SSSR count). The van der Waals surface area contributed by atoms with Gasteiger partial charge < -0.3 is 19.5 Å². The summed E-state index contributed by atoms with van der Waals surface area (Å²) in [5.41, 5.74) is 1.77. The van der Waals surface area contributed by atoms with Gasteiger partial charge in [-0.05, 0) is 85.0 Å². The van der Waals surface area contributed by atoms with Crippen LogP contribution >= 0.6 is 0 Å². The van der Waals surface area contributed by atoms with Crippen molar-refractivity contribution >= 4 is 21.6 Å². The van der Waals surface area contributed by atoms with Crippen molar-refractivity contribution in [3.63, 3.8) is 0 Å². The molecule has 1 fully saturated rings. The molecule has 1 saturated carbocycles. The van der Waals surface area contributed by atoms with E-state index in [0.717, 1.165) is 18.4 Å². The van der Waals surface area contributed by atoms with E-state index in [2.05, 4.69) is 10.0 Å². The maximum absolute atomic E-state index is 13.0. The van der Waals surface area contributed by atoms with E-state index in [1.54, 1.807) is 31.4 Å². The van der Waals surface area contributed by atoms with Crippen LogP contribution in [-0.4, -0.2) is 34.6 Å². The van der Waals surface area contributed by atoms with Crippen LogP contribution in [0, 0.1) is 5.92 Å². The van der Waals surface area contributed by atoms with Gasteiger partial charge in [-0.3, -0.25) is 9.52 Å². The maximum Gasteiger partial charge on any atom is 0.261 e. The van der Waals surface area contributed by atoms with Crippen LogP contribution in [0.4, 0.5) is 5.69 Å². The molecule has 3 aromatic rings. The van der Waals surface area contributed by atoms with Gasteiger partial charge in [0.05, 0.1) is 18.0 Å². The number of hydrogen-bond donors (Lipinski definition) is 2. The highest BCUT2D eigenvalue weighted by atomic mass is 32.2. The second-order valence-corrected chi connectivity index (χ2v) is 10.2. The first-order chi connectivity index (χ1) is 16.9. The first-order valence-electron chi connectivity index (χ1n) is 11.4. The summed E-state index contributed by atoms with van der Waals surface area (Å²) in [6.07, 6.45) is 2.07. The summed E-state index contributed by atoms with van der Waals surface area (Å²) >= 11 is 0. The minimum Gasteiger partial charge on any atom is -0.497 e. The fourth-order valence-electron chi connectivity index (χ4n) is 4.04. The fraction of sp³-hybridized carbons (Fsp3) is 0.269. The molecule has 1 atom stereocenters. The Hall–Kier alpha value is -3.72.